The van der Waals surface area contributed by atoms with E-state index >= 15 is 0 Å². The van der Waals surface area contributed by atoms with E-state index in [4.69, 9.17) is 11.6 Å². The summed E-state index contributed by atoms with van der Waals surface area (Å²) < 4.78 is 25.7. The van der Waals surface area contributed by atoms with E-state index in [0.29, 0.717) is 18.0 Å². The first-order valence-corrected chi connectivity index (χ1v) is 12.7. The third-order valence-corrected chi connectivity index (χ3v) is 9.65. The molecule has 0 spiro atoms. The quantitative estimate of drug-likeness (QED) is 0.704. The molecule has 1 amide bonds. The molecule has 0 unspecified atom stereocenters. The molecule has 2 heterocycles. The molecule has 1 saturated heterocycles. The minimum absolute atomic E-state index is 0.0258. The summed E-state index contributed by atoms with van der Waals surface area (Å²) in [5, 5.41) is 2.07. The Balaban J connectivity index is 1.61. The fourth-order valence-electron chi connectivity index (χ4n) is 4.62. The average molecular weight is 438 g/mol. The molecule has 0 radical (unpaired) electrons. The van der Waals surface area contributed by atoms with Crippen molar-refractivity contribution in [1.82, 2.24) is 4.90 Å². The number of amides is 1. The van der Waals surface area contributed by atoms with Gasteiger partial charge in [-0.05, 0) is 48.4 Å². The van der Waals surface area contributed by atoms with Gasteiger partial charge in [0, 0.05) is 23.0 Å². The van der Waals surface area contributed by atoms with Gasteiger partial charge in [-0.3, -0.25) is 4.79 Å². The van der Waals surface area contributed by atoms with Gasteiger partial charge in [0.15, 0.2) is 9.84 Å². The van der Waals surface area contributed by atoms with E-state index in [0.717, 1.165) is 36.1 Å². The minimum atomic E-state index is -3.26. The number of hydrogen-bond acceptors (Lipinski definition) is 4. The number of carbonyl (C=O) groups excluding carboxylic acids is 1. The van der Waals surface area contributed by atoms with Crippen LogP contribution in [0.3, 0.4) is 0 Å². The van der Waals surface area contributed by atoms with Gasteiger partial charge >= 0.3 is 0 Å². The van der Waals surface area contributed by atoms with Crippen molar-refractivity contribution in [3.8, 4) is 0 Å². The van der Waals surface area contributed by atoms with Crippen molar-refractivity contribution < 1.29 is 13.2 Å². The van der Waals surface area contributed by atoms with Crippen LogP contribution in [-0.4, -0.2) is 38.1 Å². The van der Waals surface area contributed by atoms with Gasteiger partial charge in [-0.1, -0.05) is 42.6 Å². The summed E-state index contributed by atoms with van der Waals surface area (Å²) in [6, 6.07) is 11.4. The first kappa shape index (κ1) is 19.9. The van der Waals surface area contributed by atoms with E-state index < -0.39 is 20.5 Å². The highest BCUT2D eigenvalue weighted by molar-refractivity contribution is 7.91. The van der Waals surface area contributed by atoms with Gasteiger partial charge in [-0.25, -0.2) is 8.42 Å². The zero-order valence-corrected chi connectivity index (χ0v) is 18.0. The van der Waals surface area contributed by atoms with Crippen LogP contribution in [0.25, 0.3) is 0 Å². The first-order valence-electron chi connectivity index (χ1n) is 9.73. The second-order valence-corrected chi connectivity index (χ2v) is 11.5. The number of hydrogen-bond donors (Lipinski definition) is 0. The maximum Gasteiger partial charge on any atom is 0.233 e. The summed E-state index contributed by atoms with van der Waals surface area (Å²) >= 11 is 7.53. The molecular weight excluding hydrogens is 414 g/mol. The van der Waals surface area contributed by atoms with Crippen LogP contribution in [0.5, 0.6) is 0 Å². The van der Waals surface area contributed by atoms with Crippen molar-refractivity contribution in [2.24, 2.45) is 0 Å². The lowest BCUT2D eigenvalue weighted by Crippen LogP contribution is -2.46. The molecular formula is C21H24ClNO3S2. The maximum absolute atomic E-state index is 13.7. The topological polar surface area (TPSA) is 54.5 Å². The largest absolute Gasteiger partial charge is 0.341 e. The number of rotatable bonds is 3. The number of nitrogens with zero attached hydrogens (tertiary/aromatic N) is 1. The Morgan fingerprint density at radius 1 is 1.11 bits per heavy atom. The molecule has 1 atom stereocenters. The molecule has 4 rings (SSSR count). The minimum Gasteiger partial charge on any atom is -0.341 e. The molecule has 2 aromatic rings. The van der Waals surface area contributed by atoms with Crippen molar-refractivity contribution in [2.45, 2.75) is 42.8 Å². The normalized spacial score (nSPS) is 24.0. The van der Waals surface area contributed by atoms with Crippen LogP contribution < -0.4 is 0 Å². The summed E-state index contributed by atoms with van der Waals surface area (Å²) in [6.07, 6.45) is 4.11. The van der Waals surface area contributed by atoms with E-state index in [2.05, 4.69) is 0 Å². The number of thiophene rings is 1. The van der Waals surface area contributed by atoms with Crippen molar-refractivity contribution >= 4 is 38.7 Å². The summed E-state index contributed by atoms with van der Waals surface area (Å²) in [5.74, 6) is 0.104. The van der Waals surface area contributed by atoms with Gasteiger partial charge < -0.3 is 4.90 Å². The van der Waals surface area contributed by atoms with E-state index in [1.54, 1.807) is 4.90 Å². The molecule has 1 aliphatic carbocycles. The Kier molecular flexibility index (Phi) is 5.55. The fraction of sp³-hybridized carbons (Fsp3) is 0.476. The van der Waals surface area contributed by atoms with Crippen molar-refractivity contribution in [2.75, 3.05) is 18.8 Å². The van der Waals surface area contributed by atoms with Gasteiger partial charge in [0.2, 0.25) is 5.91 Å². The maximum atomic E-state index is 13.7. The van der Waals surface area contributed by atoms with Gasteiger partial charge in [0.25, 0.3) is 0 Å². The summed E-state index contributed by atoms with van der Waals surface area (Å²) in [6.45, 7) is 0.758. The molecule has 4 nitrogen and oxygen atoms in total. The fourth-order valence-corrected chi connectivity index (χ4v) is 7.75. The van der Waals surface area contributed by atoms with Crippen molar-refractivity contribution in [1.29, 1.82) is 0 Å². The zero-order chi connectivity index (χ0) is 19.8. The molecule has 0 N–H and O–H groups in total. The molecule has 0 bridgehead atoms. The highest BCUT2D eigenvalue weighted by Gasteiger charge is 2.46. The Labute approximate surface area is 175 Å². The van der Waals surface area contributed by atoms with E-state index in [-0.39, 0.29) is 18.2 Å². The first-order chi connectivity index (χ1) is 13.4. The second kappa shape index (κ2) is 7.81. The molecule has 1 aliphatic heterocycles. The van der Waals surface area contributed by atoms with Crippen LogP contribution in [0, 0.1) is 0 Å². The van der Waals surface area contributed by atoms with E-state index in [1.165, 1.54) is 11.3 Å². The van der Waals surface area contributed by atoms with Gasteiger partial charge in [0.05, 0.1) is 16.4 Å². The SMILES string of the molecule is O=C(N1CC[C@H](c2cccs2)S(=O)(=O)CC1)C1(c2ccc(Cl)cc2)CCCC1. The van der Waals surface area contributed by atoms with Crippen LogP contribution in [-0.2, 0) is 20.0 Å². The molecule has 2 aliphatic rings. The van der Waals surface area contributed by atoms with Crippen molar-refractivity contribution in [3.63, 3.8) is 0 Å². The lowest BCUT2D eigenvalue weighted by Gasteiger charge is -2.34. The Bertz CT molecular complexity index is 933. The third-order valence-electron chi connectivity index (χ3n) is 6.15. The number of carbonyl (C=O) groups is 1. The lowest BCUT2D eigenvalue weighted by atomic mass is 9.77. The third kappa shape index (κ3) is 3.62. The molecule has 150 valence electrons. The van der Waals surface area contributed by atoms with Crippen LogP contribution in [0.2, 0.25) is 5.02 Å². The van der Waals surface area contributed by atoms with Gasteiger partial charge in [-0.2, -0.15) is 0 Å². The van der Waals surface area contributed by atoms with E-state index in [1.807, 2.05) is 41.8 Å². The monoisotopic (exact) mass is 437 g/mol. The van der Waals surface area contributed by atoms with E-state index in [9.17, 15) is 13.2 Å². The number of sulfone groups is 1. The number of halogens is 1. The standard InChI is InChI=1S/C21H24ClNO3S2/c22-17-7-5-16(6-8-17)21(10-1-2-11-21)20(24)23-12-9-19(18-4-3-14-27-18)28(25,26)15-13-23/h3-8,14,19H,1-2,9-13,15H2/t19-/m1/s1. The molecule has 28 heavy (non-hydrogen) atoms. The molecule has 1 saturated carbocycles. The highest BCUT2D eigenvalue weighted by atomic mass is 35.5. The summed E-state index contributed by atoms with van der Waals surface area (Å²) in [4.78, 5) is 16.3. The summed E-state index contributed by atoms with van der Waals surface area (Å²) in [7, 11) is -3.26. The predicted molar refractivity (Wildman–Crippen MR) is 114 cm³/mol. The number of benzene rings is 1. The Morgan fingerprint density at radius 2 is 1.82 bits per heavy atom. The lowest BCUT2D eigenvalue weighted by molar-refractivity contribution is -0.137. The summed E-state index contributed by atoms with van der Waals surface area (Å²) in [5.41, 5.74) is 0.457. The average Bonchev–Trinajstić information content (AvgIpc) is 3.34. The van der Waals surface area contributed by atoms with Gasteiger partial charge in [-0.15, -0.1) is 11.3 Å². The molecule has 1 aromatic heterocycles. The Morgan fingerprint density at radius 3 is 2.46 bits per heavy atom. The van der Waals surface area contributed by atoms with Gasteiger partial charge in [0.1, 0.15) is 0 Å². The van der Waals surface area contributed by atoms with Crippen LogP contribution in [0.1, 0.15) is 47.8 Å². The highest BCUT2D eigenvalue weighted by Crippen LogP contribution is 2.43. The predicted octanol–water partition coefficient (Wildman–Crippen LogP) is 4.60. The second-order valence-electron chi connectivity index (χ2n) is 7.75. The van der Waals surface area contributed by atoms with Crippen LogP contribution >= 0.6 is 22.9 Å². The smallest absolute Gasteiger partial charge is 0.233 e. The molecule has 7 heteroatoms. The van der Waals surface area contributed by atoms with Crippen LogP contribution in [0.4, 0.5) is 0 Å². The van der Waals surface area contributed by atoms with Crippen LogP contribution in [0.15, 0.2) is 41.8 Å². The van der Waals surface area contributed by atoms with Crippen molar-refractivity contribution in [3.05, 3.63) is 57.2 Å². The molecule has 2 fully saturated rings. The Hall–Kier alpha value is -1.37. The molecule has 1 aromatic carbocycles. The zero-order valence-electron chi connectivity index (χ0n) is 15.6.